The molecule has 0 spiro atoms. The number of aromatic nitrogens is 1. The van der Waals surface area contributed by atoms with E-state index in [1.807, 2.05) is 19.1 Å². The van der Waals surface area contributed by atoms with Gasteiger partial charge in [0, 0.05) is 36.1 Å². The molecule has 1 aliphatic rings. The van der Waals surface area contributed by atoms with Gasteiger partial charge in [0.2, 0.25) is 5.91 Å². The third kappa shape index (κ3) is 6.75. The van der Waals surface area contributed by atoms with Gasteiger partial charge in [-0.1, -0.05) is 37.5 Å². The van der Waals surface area contributed by atoms with E-state index in [1.54, 1.807) is 18.2 Å². The van der Waals surface area contributed by atoms with Crippen LogP contribution in [0.4, 0.5) is 5.69 Å². The summed E-state index contributed by atoms with van der Waals surface area (Å²) in [7, 11) is 0. The Morgan fingerprint density at radius 3 is 2.71 bits per heavy atom. The molecular weight excluding hydrogens is 440 g/mol. The topological polar surface area (TPSA) is 80.6 Å². The Morgan fingerprint density at radius 2 is 1.91 bits per heavy atom. The van der Waals surface area contributed by atoms with Crippen molar-refractivity contribution >= 4 is 34.0 Å². The largest absolute Gasteiger partial charge is 0.491 e. The number of hydrogen-bond acceptors (Lipinski definition) is 3. The van der Waals surface area contributed by atoms with E-state index in [0.717, 1.165) is 23.6 Å². The predicted molar refractivity (Wildman–Crippen MR) is 140 cm³/mol. The number of fused-ring (bicyclic) bond motifs is 1. The summed E-state index contributed by atoms with van der Waals surface area (Å²) in [6.45, 7) is 3.29. The van der Waals surface area contributed by atoms with Crippen molar-refractivity contribution in [3.8, 4) is 5.75 Å². The first kappa shape index (κ1) is 24.6. The number of carboxylic acid groups (broad SMARTS) is 1. The molecule has 0 atom stereocenters. The third-order valence-corrected chi connectivity index (χ3v) is 6.69. The summed E-state index contributed by atoms with van der Waals surface area (Å²) >= 11 is 0. The van der Waals surface area contributed by atoms with E-state index < -0.39 is 5.97 Å². The molecule has 184 valence electrons. The second-order valence-corrected chi connectivity index (χ2v) is 9.40. The van der Waals surface area contributed by atoms with Crippen molar-refractivity contribution in [3.63, 3.8) is 0 Å². The Bertz CT molecular complexity index is 1200. The molecule has 1 heterocycles. The number of ether oxygens (including phenoxy) is 1. The van der Waals surface area contributed by atoms with Gasteiger partial charge in [-0.2, -0.15) is 0 Å². The van der Waals surface area contributed by atoms with Crippen LogP contribution >= 0.6 is 0 Å². The standard InChI is InChI=1S/C29H34N2O4/c1-21(18-28(32)30-25-10-5-6-11-27(25)35-17-7-12-29(33)34)23-13-14-26-24(19-23)15-16-31(26)20-22-8-3-2-4-9-22/h5-6,10-11,13-16,18-19,22H,2-4,7-9,12,17,20H2,1H3,(H,30,32)(H,33,34). The highest BCUT2D eigenvalue weighted by atomic mass is 16.5. The summed E-state index contributed by atoms with van der Waals surface area (Å²) in [6, 6.07) is 15.7. The Morgan fingerprint density at radius 1 is 1.11 bits per heavy atom. The molecule has 1 fully saturated rings. The van der Waals surface area contributed by atoms with Crippen molar-refractivity contribution in [2.75, 3.05) is 11.9 Å². The monoisotopic (exact) mass is 474 g/mol. The second kappa shape index (κ2) is 11.7. The van der Waals surface area contributed by atoms with Crippen LogP contribution in [-0.2, 0) is 16.1 Å². The number of benzene rings is 2. The first-order valence-corrected chi connectivity index (χ1v) is 12.5. The fraction of sp³-hybridized carbons (Fsp3) is 0.379. The van der Waals surface area contributed by atoms with Gasteiger partial charge in [0.05, 0.1) is 12.3 Å². The Hall–Kier alpha value is -3.54. The lowest BCUT2D eigenvalue weighted by Crippen LogP contribution is -2.13. The summed E-state index contributed by atoms with van der Waals surface area (Å²) in [6.07, 6.45) is 11.0. The summed E-state index contributed by atoms with van der Waals surface area (Å²) in [4.78, 5) is 23.4. The van der Waals surface area contributed by atoms with Crippen LogP contribution in [-0.4, -0.2) is 28.2 Å². The summed E-state index contributed by atoms with van der Waals surface area (Å²) in [5.41, 5.74) is 3.70. The highest BCUT2D eigenvalue weighted by Crippen LogP contribution is 2.28. The van der Waals surface area contributed by atoms with Crippen molar-refractivity contribution in [1.82, 2.24) is 4.57 Å². The molecular formula is C29H34N2O4. The van der Waals surface area contributed by atoms with Gasteiger partial charge < -0.3 is 19.7 Å². The number of nitrogens with one attached hydrogen (secondary N) is 1. The number of carbonyl (C=O) groups excluding carboxylic acids is 1. The molecule has 1 amide bonds. The fourth-order valence-electron chi connectivity index (χ4n) is 4.80. The Kier molecular flexibility index (Phi) is 8.24. The maximum absolute atomic E-state index is 12.7. The van der Waals surface area contributed by atoms with E-state index in [1.165, 1.54) is 43.0 Å². The number of carboxylic acids is 1. The van der Waals surface area contributed by atoms with E-state index in [2.05, 4.69) is 40.3 Å². The summed E-state index contributed by atoms with van der Waals surface area (Å²) in [5.74, 6) is 0.209. The van der Waals surface area contributed by atoms with Crippen LogP contribution in [0.15, 0.2) is 60.8 Å². The molecule has 1 aromatic heterocycles. The molecule has 2 N–H and O–H groups in total. The maximum atomic E-state index is 12.7. The number of hydrogen-bond donors (Lipinski definition) is 2. The van der Waals surface area contributed by atoms with Crippen molar-refractivity contribution in [3.05, 3.63) is 66.4 Å². The lowest BCUT2D eigenvalue weighted by molar-refractivity contribution is -0.137. The Balaban J connectivity index is 1.40. The first-order valence-electron chi connectivity index (χ1n) is 12.5. The molecule has 35 heavy (non-hydrogen) atoms. The molecule has 0 aliphatic heterocycles. The highest BCUT2D eigenvalue weighted by Gasteiger charge is 2.15. The number of amides is 1. The smallest absolute Gasteiger partial charge is 0.303 e. The van der Waals surface area contributed by atoms with Crippen molar-refractivity contribution in [2.24, 2.45) is 5.92 Å². The lowest BCUT2D eigenvalue weighted by atomic mass is 9.89. The van der Waals surface area contributed by atoms with Gasteiger partial charge in [0.25, 0.3) is 0 Å². The lowest BCUT2D eigenvalue weighted by Gasteiger charge is -2.22. The molecule has 6 nitrogen and oxygen atoms in total. The SMILES string of the molecule is CC(=CC(=O)Nc1ccccc1OCCCC(=O)O)c1ccc2c(ccn2CC2CCCCC2)c1. The van der Waals surface area contributed by atoms with Gasteiger partial charge in [-0.15, -0.1) is 0 Å². The van der Waals surface area contributed by atoms with E-state index in [4.69, 9.17) is 9.84 Å². The molecule has 0 bridgehead atoms. The van der Waals surface area contributed by atoms with E-state index in [0.29, 0.717) is 17.9 Å². The second-order valence-electron chi connectivity index (χ2n) is 9.40. The molecule has 1 saturated carbocycles. The van der Waals surface area contributed by atoms with Gasteiger partial charge in [-0.3, -0.25) is 9.59 Å². The zero-order valence-electron chi connectivity index (χ0n) is 20.3. The number of aliphatic carboxylic acids is 1. The van der Waals surface area contributed by atoms with Crippen LogP contribution in [0.2, 0.25) is 0 Å². The van der Waals surface area contributed by atoms with Crippen molar-refractivity contribution < 1.29 is 19.4 Å². The van der Waals surface area contributed by atoms with Crippen molar-refractivity contribution in [1.29, 1.82) is 0 Å². The minimum atomic E-state index is -0.852. The molecule has 1 aliphatic carbocycles. The van der Waals surface area contributed by atoms with Crippen molar-refractivity contribution in [2.45, 2.75) is 58.4 Å². The minimum Gasteiger partial charge on any atom is -0.491 e. The number of carbonyl (C=O) groups is 2. The average Bonchev–Trinajstić information content (AvgIpc) is 3.25. The molecule has 0 unspecified atom stereocenters. The number of allylic oxidation sites excluding steroid dienone is 1. The quantitative estimate of drug-likeness (QED) is 0.259. The first-order chi connectivity index (χ1) is 17.0. The predicted octanol–water partition coefficient (Wildman–Crippen LogP) is 6.51. The van der Waals surface area contributed by atoms with Gasteiger partial charge in [-0.25, -0.2) is 0 Å². The zero-order chi connectivity index (χ0) is 24.6. The number of rotatable bonds is 10. The van der Waals surface area contributed by atoms with Crippen LogP contribution in [0, 0.1) is 5.92 Å². The van der Waals surface area contributed by atoms with Gasteiger partial charge >= 0.3 is 5.97 Å². The van der Waals surface area contributed by atoms with Gasteiger partial charge in [-0.05, 0) is 73.6 Å². The van der Waals surface area contributed by atoms with Crippen LogP contribution in [0.3, 0.4) is 0 Å². The highest BCUT2D eigenvalue weighted by molar-refractivity contribution is 6.04. The normalized spacial score (nSPS) is 14.7. The summed E-state index contributed by atoms with van der Waals surface area (Å²) < 4.78 is 8.05. The van der Waals surface area contributed by atoms with Crippen LogP contribution < -0.4 is 10.1 Å². The van der Waals surface area contributed by atoms with Gasteiger partial charge in [0.15, 0.2) is 0 Å². The molecule has 0 saturated heterocycles. The van der Waals surface area contributed by atoms with Crippen LogP contribution in [0.25, 0.3) is 16.5 Å². The summed E-state index contributed by atoms with van der Waals surface area (Å²) in [5, 5.41) is 12.8. The van der Waals surface area contributed by atoms with E-state index in [-0.39, 0.29) is 18.9 Å². The molecule has 2 aromatic carbocycles. The molecule has 6 heteroatoms. The fourth-order valence-corrected chi connectivity index (χ4v) is 4.80. The van der Waals surface area contributed by atoms with Gasteiger partial charge in [0.1, 0.15) is 5.75 Å². The van der Waals surface area contributed by atoms with Crippen LogP contribution in [0.1, 0.15) is 57.4 Å². The minimum absolute atomic E-state index is 0.0464. The van der Waals surface area contributed by atoms with Crippen LogP contribution in [0.5, 0.6) is 5.75 Å². The third-order valence-electron chi connectivity index (χ3n) is 6.69. The number of nitrogens with zero attached hydrogens (tertiary/aromatic N) is 1. The van der Waals surface area contributed by atoms with E-state index >= 15 is 0 Å². The number of anilines is 1. The zero-order valence-corrected chi connectivity index (χ0v) is 20.3. The molecule has 4 rings (SSSR count). The molecule has 0 radical (unpaired) electrons. The number of para-hydroxylation sites is 2. The molecule has 3 aromatic rings. The van der Waals surface area contributed by atoms with E-state index in [9.17, 15) is 9.59 Å². The maximum Gasteiger partial charge on any atom is 0.303 e. The Labute approximate surface area is 206 Å². The average molecular weight is 475 g/mol.